The van der Waals surface area contributed by atoms with Crippen LogP contribution in [0.1, 0.15) is 41.5 Å². The molecule has 0 heterocycles. The summed E-state index contributed by atoms with van der Waals surface area (Å²) in [4.78, 5) is 0. The van der Waals surface area contributed by atoms with Gasteiger partial charge in [-0.2, -0.15) is 5.10 Å². The zero-order valence-electron chi connectivity index (χ0n) is 9.47. The summed E-state index contributed by atoms with van der Waals surface area (Å²) in [5, 5.41) is 6.36. The van der Waals surface area contributed by atoms with Crippen LogP contribution in [0.4, 0.5) is 0 Å². The SMILES string of the molecule is CN(/N=C\C(C)(C)C)C(C)(C)C. The quantitative estimate of drug-likeness (QED) is 0.436. The Morgan fingerprint density at radius 1 is 1.00 bits per heavy atom. The Hall–Kier alpha value is -0.530. The predicted molar refractivity (Wildman–Crippen MR) is 55.5 cm³/mol. The summed E-state index contributed by atoms with van der Waals surface area (Å²) < 4.78 is 0. The molecule has 0 bridgehead atoms. The van der Waals surface area contributed by atoms with Crippen molar-refractivity contribution < 1.29 is 0 Å². The molecule has 0 saturated carbocycles. The van der Waals surface area contributed by atoms with Gasteiger partial charge in [0.2, 0.25) is 0 Å². The van der Waals surface area contributed by atoms with Gasteiger partial charge < -0.3 is 0 Å². The highest BCUT2D eigenvalue weighted by Gasteiger charge is 2.15. The van der Waals surface area contributed by atoms with Gasteiger partial charge in [0.1, 0.15) is 0 Å². The van der Waals surface area contributed by atoms with Gasteiger partial charge in [-0.3, -0.25) is 5.01 Å². The van der Waals surface area contributed by atoms with E-state index in [2.05, 4.69) is 46.6 Å². The van der Waals surface area contributed by atoms with Gasteiger partial charge >= 0.3 is 0 Å². The molecule has 0 fully saturated rings. The minimum Gasteiger partial charge on any atom is -0.295 e. The van der Waals surface area contributed by atoms with Gasteiger partial charge in [0.25, 0.3) is 0 Å². The molecule has 0 aliphatic heterocycles. The van der Waals surface area contributed by atoms with Gasteiger partial charge in [-0.25, -0.2) is 0 Å². The maximum Gasteiger partial charge on any atom is 0.0491 e. The van der Waals surface area contributed by atoms with Crippen LogP contribution in [0.2, 0.25) is 0 Å². The summed E-state index contributed by atoms with van der Waals surface area (Å²) >= 11 is 0. The first kappa shape index (κ1) is 11.5. The average Bonchev–Trinajstić information content (AvgIpc) is 1.78. The maximum absolute atomic E-state index is 4.38. The van der Waals surface area contributed by atoms with Crippen molar-refractivity contribution >= 4 is 6.21 Å². The van der Waals surface area contributed by atoms with E-state index in [-0.39, 0.29) is 11.0 Å². The number of nitrogens with zero attached hydrogens (tertiary/aromatic N) is 2. The molecule has 0 unspecified atom stereocenters. The van der Waals surface area contributed by atoms with Crippen molar-refractivity contribution in [3.63, 3.8) is 0 Å². The molecule has 0 atom stereocenters. The summed E-state index contributed by atoms with van der Waals surface area (Å²) in [6, 6.07) is 0. The number of hydrogen-bond acceptors (Lipinski definition) is 2. The van der Waals surface area contributed by atoms with Crippen molar-refractivity contribution in [1.29, 1.82) is 0 Å². The van der Waals surface area contributed by atoms with Gasteiger partial charge in [-0.05, 0) is 26.2 Å². The summed E-state index contributed by atoms with van der Waals surface area (Å²) in [6.07, 6.45) is 1.98. The molecule has 0 aliphatic carbocycles. The van der Waals surface area contributed by atoms with E-state index in [0.717, 1.165) is 0 Å². The molecule has 0 aromatic rings. The zero-order chi connectivity index (χ0) is 9.99. The number of hydrazone groups is 1. The summed E-state index contributed by atoms with van der Waals surface area (Å²) in [5.41, 5.74) is 0.279. The minimum absolute atomic E-state index is 0.113. The van der Waals surface area contributed by atoms with Gasteiger partial charge in [0.05, 0.1) is 0 Å². The lowest BCUT2D eigenvalue weighted by molar-refractivity contribution is 0.183. The molecule has 0 radical (unpaired) electrons. The summed E-state index contributed by atoms with van der Waals surface area (Å²) in [5.74, 6) is 0. The Balaban J connectivity index is 4.19. The third-order valence-electron chi connectivity index (χ3n) is 1.59. The van der Waals surface area contributed by atoms with E-state index in [1.54, 1.807) is 0 Å². The van der Waals surface area contributed by atoms with E-state index >= 15 is 0 Å². The van der Waals surface area contributed by atoms with E-state index < -0.39 is 0 Å². The molecule has 2 heteroatoms. The first-order chi connectivity index (χ1) is 5.13. The van der Waals surface area contributed by atoms with Crippen molar-refractivity contribution in [1.82, 2.24) is 5.01 Å². The lowest BCUT2D eigenvalue weighted by Crippen LogP contribution is -2.34. The van der Waals surface area contributed by atoms with Crippen LogP contribution in [0.3, 0.4) is 0 Å². The average molecular weight is 170 g/mol. The van der Waals surface area contributed by atoms with Crippen LogP contribution in [0.25, 0.3) is 0 Å². The monoisotopic (exact) mass is 170 g/mol. The third-order valence-corrected chi connectivity index (χ3v) is 1.59. The van der Waals surface area contributed by atoms with E-state index in [0.29, 0.717) is 0 Å². The smallest absolute Gasteiger partial charge is 0.0491 e. The molecule has 0 aromatic carbocycles. The molecule has 0 N–H and O–H groups in total. The minimum atomic E-state index is 0.113. The Labute approximate surface area is 76.6 Å². The van der Waals surface area contributed by atoms with Crippen LogP contribution in [0, 0.1) is 5.41 Å². The molecule has 0 aromatic heterocycles. The second kappa shape index (κ2) is 3.46. The van der Waals surface area contributed by atoms with E-state index in [9.17, 15) is 0 Å². The predicted octanol–water partition coefficient (Wildman–Crippen LogP) is 2.75. The highest BCUT2D eigenvalue weighted by atomic mass is 15.5. The molecule has 0 aliphatic rings. The number of rotatable bonds is 1. The maximum atomic E-state index is 4.38. The van der Waals surface area contributed by atoms with Crippen LogP contribution in [0.15, 0.2) is 5.10 Å². The van der Waals surface area contributed by atoms with Crippen LogP contribution in [-0.4, -0.2) is 23.8 Å². The first-order valence-corrected chi connectivity index (χ1v) is 4.42. The van der Waals surface area contributed by atoms with Crippen molar-refractivity contribution in [2.24, 2.45) is 10.5 Å². The standard InChI is InChI=1S/C10H22N2/c1-9(2,3)8-11-12(7)10(4,5)6/h8H,1-7H3/b11-8-. The Bertz CT molecular complexity index is 158. The second-order valence-corrected chi connectivity index (χ2v) is 5.31. The molecular formula is C10H22N2. The molecule has 0 saturated heterocycles. The lowest BCUT2D eigenvalue weighted by atomic mass is 9.99. The Morgan fingerprint density at radius 2 is 1.42 bits per heavy atom. The van der Waals surface area contributed by atoms with Gasteiger partial charge in [0.15, 0.2) is 0 Å². The highest BCUT2D eigenvalue weighted by molar-refractivity contribution is 5.63. The van der Waals surface area contributed by atoms with E-state index in [1.165, 1.54) is 0 Å². The van der Waals surface area contributed by atoms with Crippen molar-refractivity contribution in [2.45, 2.75) is 47.1 Å². The zero-order valence-corrected chi connectivity index (χ0v) is 9.47. The molecule has 0 amide bonds. The molecule has 12 heavy (non-hydrogen) atoms. The van der Waals surface area contributed by atoms with Crippen molar-refractivity contribution in [2.75, 3.05) is 7.05 Å². The van der Waals surface area contributed by atoms with Crippen molar-refractivity contribution in [3.8, 4) is 0 Å². The fraction of sp³-hybridized carbons (Fsp3) is 0.900. The van der Waals surface area contributed by atoms with Gasteiger partial charge in [-0.15, -0.1) is 0 Å². The van der Waals surface area contributed by atoms with Crippen LogP contribution >= 0.6 is 0 Å². The Kier molecular flexibility index (Phi) is 3.31. The van der Waals surface area contributed by atoms with Crippen LogP contribution < -0.4 is 0 Å². The molecule has 72 valence electrons. The lowest BCUT2D eigenvalue weighted by Gasteiger charge is -2.29. The van der Waals surface area contributed by atoms with Crippen LogP contribution in [-0.2, 0) is 0 Å². The van der Waals surface area contributed by atoms with E-state index in [1.807, 2.05) is 18.3 Å². The normalized spacial score (nSPS) is 13.9. The van der Waals surface area contributed by atoms with E-state index in [4.69, 9.17) is 0 Å². The topological polar surface area (TPSA) is 15.6 Å². The van der Waals surface area contributed by atoms with Gasteiger partial charge in [-0.1, -0.05) is 20.8 Å². The molecule has 0 spiro atoms. The third kappa shape index (κ3) is 5.16. The van der Waals surface area contributed by atoms with Crippen LogP contribution in [0.5, 0.6) is 0 Å². The van der Waals surface area contributed by atoms with Crippen molar-refractivity contribution in [3.05, 3.63) is 0 Å². The fourth-order valence-electron chi connectivity index (χ4n) is 0.433. The summed E-state index contributed by atoms with van der Waals surface area (Å²) in [6.45, 7) is 12.9. The first-order valence-electron chi connectivity index (χ1n) is 4.42. The fourth-order valence-corrected chi connectivity index (χ4v) is 0.433. The molecule has 2 nitrogen and oxygen atoms in total. The molecule has 0 rings (SSSR count). The molecular weight excluding hydrogens is 148 g/mol. The number of hydrogen-bond donors (Lipinski definition) is 0. The highest BCUT2D eigenvalue weighted by Crippen LogP contribution is 2.13. The Morgan fingerprint density at radius 3 is 1.67 bits per heavy atom. The largest absolute Gasteiger partial charge is 0.295 e. The second-order valence-electron chi connectivity index (χ2n) is 5.31. The summed E-state index contributed by atoms with van der Waals surface area (Å²) in [7, 11) is 2.00. The van der Waals surface area contributed by atoms with Gasteiger partial charge in [0, 0.05) is 18.8 Å².